The third kappa shape index (κ3) is 13.9. The van der Waals surface area contributed by atoms with Crippen molar-refractivity contribution in [2.75, 3.05) is 39.6 Å². The Morgan fingerprint density at radius 3 is 0.975 bits per heavy atom. The van der Waals surface area contributed by atoms with Gasteiger partial charge in [0.1, 0.15) is 55.9 Å². The van der Waals surface area contributed by atoms with E-state index in [0.717, 1.165) is 17.2 Å². The lowest BCUT2D eigenvalue weighted by molar-refractivity contribution is -0.167. The van der Waals surface area contributed by atoms with Crippen molar-refractivity contribution in [3.8, 4) is 17.2 Å². The molecular weight excluding hydrogens is 532 g/mol. The average Bonchev–Trinajstić information content (AvgIpc) is 2.97. The Kier molecular flexibility index (Phi) is 15.1. The zero-order chi connectivity index (χ0) is 28.3. The van der Waals surface area contributed by atoms with Gasteiger partial charge in [-0.15, -0.1) is 0 Å². The molecule has 0 aliphatic carbocycles. The van der Waals surface area contributed by atoms with Crippen LogP contribution in [0.4, 0.5) is 0 Å². The van der Waals surface area contributed by atoms with Crippen LogP contribution in [0.2, 0.25) is 0 Å². The second-order valence-corrected chi connectivity index (χ2v) is 9.89. The fourth-order valence-corrected chi connectivity index (χ4v) is 4.72. The molecule has 3 unspecified atom stereocenters. The Bertz CT molecular complexity index is 882. The van der Waals surface area contributed by atoms with Gasteiger partial charge in [-0.3, -0.25) is 0 Å². The molecule has 3 aromatic rings. The Labute approximate surface area is 238 Å². The molecule has 0 amide bonds. The zero-order valence-corrected chi connectivity index (χ0v) is 24.5. The zero-order valence-electron chi connectivity index (χ0n) is 23.4. The second-order valence-electron chi connectivity index (χ2n) is 8.50. The number of rotatable bonds is 21. The molecule has 0 fully saturated rings. The molecule has 0 aliphatic heterocycles. The first-order valence-electron chi connectivity index (χ1n) is 13.4. The Morgan fingerprint density at radius 1 is 0.425 bits per heavy atom. The van der Waals surface area contributed by atoms with Gasteiger partial charge < -0.3 is 41.7 Å². The first-order valence-corrected chi connectivity index (χ1v) is 14.8. The number of hydrogen-bond acceptors (Lipinski definition) is 9. The largest absolute Gasteiger partial charge is 0.491 e. The SMILES string of the molecule is CC(OCCOc1ccccc1)O[SiH](OC(C)OCCOc1ccccc1)OC(C)OCCOc1ccccc1. The van der Waals surface area contributed by atoms with Crippen LogP contribution in [0.15, 0.2) is 91.0 Å². The minimum absolute atomic E-state index is 0.336. The molecule has 0 bridgehead atoms. The van der Waals surface area contributed by atoms with Gasteiger partial charge in [0.15, 0.2) is 0 Å². The molecule has 40 heavy (non-hydrogen) atoms. The molecule has 3 atom stereocenters. The van der Waals surface area contributed by atoms with Gasteiger partial charge in [-0.2, -0.15) is 0 Å². The third-order valence-electron chi connectivity index (χ3n) is 5.25. The van der Waals surface area contributed by atoms with E-state index in [1.165, 1.54) is 0 Å². The molecule has 0 N–H and O–H groups in total. The summed E-state index contributed by atoms with van der Waals surface area (Å²) in [5.74, 6) is 2.34. The lowest BCUT2D eigenvalue weighted by Crippen LogP contribution is -2.39. The highest BCUT2D eigenvalue weighted by Gasteiger charge is 2.25. The normalized spacial score (nSPS) is 14.2. The van der Waals surface area contributed by atoms with E-state index < -0.39 is 28.4 Å². The fraction of sp³-hybridized carbons (Fsp3) is 0.400. The predicted octanol–water partition coefficient (Wildman–Crippen LogP) is 5.08. The summed E-state index contributed by atoms with van der Waals surface area (Å²) in [7, 11) is -2.74. The average molecular weight is 573 g/mol. The van der Waals surface area contributed by atoms with Crippen LogP contribution in [-0.2, 0) is 27.5 Å². The molecular formula is C30H40O9Si. The monoisotopic (exact) mass is 572 g/mol. The first-order chi connectivity index (χ1) is 19.6. The predicted molar refractivity (Wildman–Crippen MR) is 152 cm³/mol. The van der Waals surface area contributed by atoms with Crippen LogP contribution in [0.3, 0.4) is 0 Å². The fourth-order valence-electron chi connectivity index (χ4n) is 3.35. The minimum atomic E-state index is -2.74. The standard InChI is InChI=1S/C30H40O9Si/c1-25(31-19-22-34-28-13-7-4-8-14-28)37-40(38-26(2)32-20-23-35-29-15-9-5-10-16-29)39-27(3)33-21-24-36-30-17-11-6-12-18-30/h4-18,25-27,40H,19-24H2,1-3H3. The second kappa shape index (κ2) is 19.2. The Hall–Kier alpha value is -2.96. The van der Waals surface area contributed by atoms with E-state index in [4.69, 9.17) is 41.7 Å². The quantitative estimate of drug-likeness (QED) is 0.0986. The molecule has 0 saturated carbocycles. The van der Waals surface area contributed by atoms with Crippen molar-refractivity contribution in [2.45, 2.75) is 39.6 Å². The van der Waals surface area contributed by atoms with Crippen molar-refractivity contribution in [2.24, 2.45) is 0 Å². The Balaban J connectivity index is 1.40. The van der Waals surface area contributed by atoms with Crippen LogP contribution >= 0.6 is 0 Å². The van der Waals surface area contributed by atoms with Crippen LogP contribution < -0.4 is 14.2 Å². The van der Waals surface area contributed by atoms with E-state index in [1.807, 2.05) is 91.0 Å². The highest BCUT2D eigenvalue weighted by atomic mass is 28.3. The Morgan fingerprint density at radius 2 is 0.700 bits per heavy atom. The van der Waals surface area contributed by atoms with Gasteiger partial charge in [0.25, 0.3) is 0 Å². The van der Waals surface area contributed by atoms with Gasteiger partial charge in [0, 0.05) is 0 Å². The lowest BCUT2D eigenvalue weighted by atomic mass is 10.3. The number of hydrogen-bond donors (Lipinski definition) is 0. The van der Waals surface area contributed by atoms with Crippen LogP contribution in [0.1, 0.15) is 20.8 Å². The van der Waals surface area contributed by atoms with Crippen molar-refractivity contribution < 1.29 is 41.7 Å². The lowest BCUT2D eigenvalue weighted by Gasteiger charge is -2.26. The molecule has 0 heterocycles. The maximum absolute atomic E-state index is 5.99. The molecule has 0 saturated heterocycles. The summed E-state index contributed by atoms with van der Waals surface area (Å²) in [6, 6.07) is 28.7. The summed E-state index contributed by atoms with van der Waals surface area (Å²) in [6.45, 7) is 7.51. The summed E-state index contributed by atoms with van der Waals surface area (Å²) in [6.07, 6.45) is -1.75. The highest BCUT2D eigenvalue weighted by molar-refractivity contribution is 6.36. The summed E-state index contributed by atoms with van der Waals surface area (Å²) in [5.41, 5.74) is 0. The molecule has 0 aliphatic rings. The van der Waals surface area contributed by atoms with Crippen LogP contribution in [0, 0.1) is 0 Å². The first kappa shape index (κ1) is 31.6. The summed E-state index contributed by atoms with van der Waals surface area (Å²) >= 11 is 0. The smallest absolute Gasteiger partial charge is 0.490 e. The summed E-state index contributed by atoms with van der Waals surface area (Å²) < 4.78 is 52.2. The van der Waals surface area contributed by atoms with Crippen LogP contribution in [0.25, 0.3) is 0 Å². The van der Waals surface area contributed by atoms with Gasteiger partial charge in [-0.1, -0.05) is 54.6 Å². The topological polar surface area (TPSA) is 83.1 Å². The molecule has 218 valence electrons. The summed E-state index contributed by atoms with van der Waals surface area (Å²) in [5, 5.41) is 0. The maximum atomic E-state index is 5.99. The molecule has 9 nitrogen and oxygen atoms in total. The van der Waals surface area contributed by atoms with Crippen molar-refractivity contribution in [3.63, 3.8) is 0 Å². The van der Waals surface area contributed by atoms with E-state index in [-0.39, 0.29) is 0 Å². The summed E-state index contributed by atoms with van der Waals surface area (Å²) in [4.78, 5) is 0. The number of para-hydroxylation sites is 3. The van der Waals surface area contributed by atoms with Gasteiger partial charge in [-0.05, 0) is 57.2 Å². The van der Waals surface area contributed by atoms with E-state index in [0.29, 0.717) is 39.6 Å². The molecule has 0 spiro atoms. The molecule has 3 rings (SSSR count). The molecule has 0 aromatic heterocycles. The van der Waals surface area contributed by atoms with E-state index in [2.05, 4.69) is 0 Å². The van der Waals surface area contributed by atoms with Crippen LogP contribution in [-0.4, -0.2) is 68.0 Å². The molecule has 3 aromatic carbocycles. The van der Waals surface area contributed by atoms with E-state index in [9.17, 15) is 0 Å². The van der Waals surface area contributed by atoms with Gasteiger partial charge in [0.05, 0.1) is 19.8 Å². The maximum Gasteiger partial charge on any atom is 0.490 e. The van der Waals surface area contributed by atoms with Gasteiger partial charge in [-0.25, -0.2) is 0 Å². The molecule has 10 heteroatoms. The van der Waals surface area contributed by atoms with Crippen LogP contribution in [0.5, 0.6) is 17.2 Å². The van der Waals surface area contributed by atoms with Crippen molar-refractivity contribution in [1.82, 2.24) is 0 Å². The minimum Gasteiger partial charge on any atom is -0.491 e. The van der Waals surface area contributed by atoms with Gasteiger partial charge >= 0.3 is 9.53 Å². The number of benzene rings is 3. The van der Waals surface area contributed by atoms with Crippen molar-refractivity contribution in [1.29, 1.82) is 0 Å². The van der Waals surface area contributed by atoms with E-state index in [1.54, 1.807) is 20.8 Å². The van der Waals surface area contributed by atoms with E-state index >= 15 is 0 Å². The molecule has 0 radical (unpaired) electrons. The van der Waals surface area contributed by atoms with Gasteiger partial charge in [0.2, 0.25) is 0 Å². The number of ether oxygens (including phenoxy) is 6. The highest BCUT2D eigenvalue weighted by Crippen LogP contribution is 2.12. The third-order valence-corrected chi connectivity index (χ3v) is 7.07. The van der Waals surface area contributed by atoms with Crippen molar-refractivity contribution in [3.05, 3.63) is 91.0 Å². The van der Waals surface area contributed by atoms with Crippen molar-refractivity contribution >= 4 is 9.53 Å².